The number of amides is 1. The van der Waals surface area contributed by atoms with E-state index in [-0.39, 0.29) is 30.3 Å². The van der Waals surface area contributed by atoms with E-state index in [1.807, 2.05) is 36.6 Å². The summed E-state index contributed by atoms with van der Waals surface area (Å²) in [6.45, 7) is 1.57. The molecule has 2 aromatic rings. The quantitative estimate of drug-likeness (QED) is 0.698. The molecule has 0 radical (unpaired) electrons. The summed E-state index contributed by atoms with van der Waals surface area (Å²) in [4.78, 5) is 24.7. The Kier molecular flexibility index (Phi) is 7.62. The van der Waals surface area contributed by atoms with Gasteiger partial charge in [-0.3, -0.25) is 9.59 Å². The molecule has 0 aliphatic heterocycles. The van der Waals surface area contributed by atoms with Gasteiger partial charge >= 0.3 is 5.97 Å². The second kappa shape index (κ2) is 9.71. The summed E-state index contributed by atoms with van der Waals surface area (Å²) < 4.78 is 4.99. The van der Waals surface area contributed by atoms with Gasteiger partial charge in [0.2, 0.25) is 0 Å². The number of thioether (sulfide) groups is 1. The maximum absolute atomic E-state index is 11.9. The summed E-state index contributed by atoms with van der Waals surface area (Å²) in [5.74, 6) is 0.279. The van der Waals surface area contributed by atoms with Crippen LogP contribution in [-0.4, -0.2) is 24.2 Å². The average Bonchev–Trinajstić information content (AvgIpc) is 3.06. The van der Waals surface area contributed by atoms with Gasteiger partial charge in [-0.05, 0) is 36.1 Å². The summed E-state index contributed by atoms with van der Waals surface area (Å²) in [6, 6.07) is 11.1. The van der Waals surface area contributed by atoms with Crippen LogP contribution in [0.2, 0.25) is 5.02 Å². The predicted octanol–water partition coefficient (Wildman–Crippen LogP) is 4.06. The number of ether oxygens (including phenoxy) is 1. The van der Waals surface area contributed by atoms with Gasteiger partial charge in [0, 0.05) is 15.7 Å². The smallest absolute Gasteiger partial charge is 0.316 e. The van der Waals surface area contributed by atoms with Gasteiger partial charge < -0.3 is 10.1 Å². The molecule has 0 aliphatic rings. The van der Waals surface area contributed by atoms with E-state index in [0.29, 0.717) is 5.02 Å². The molecule has 1 amide bonds. The summed E-state index contributed by atoms with van der Waals surface area (Å²) >= 11 is 9.05. The Hall–Kier alpha value is -1.50. The van der Waals surface area contributed by atoms with Crippen LogP contribution in [0.1, 0.15) is 23.4 Å². The molecule has 0 saturated heterocycles. The van der Waals surface area contributed by atoms with E-state index >= 15 is 0 Å². The molecule has 7 heteroatoms. The van der Waals surface area contributed by atoms with Crippen LogP contribution < -0.4 is 5.32 Å². The van der Waals surface area contributed by atoms with Crippen molar-refractivity contribution in [2.45, 2.75) is 18.7 Å². The van der Waals surface area contributed by atoms with E-state index in [9.17, 15) is 9.59 Å². The van der Waals surface area contributed by atoms with Crippen LogP contribution in [0.4, 0.5) is 0 Å². The van der Waals surface area contributed by atoms with Crippen LogP contribution in [0.5, 0.6) is 0 Å². The predicted molar refractivity (Wildman–Crippen MR) is 99.4 cm³/mol. The normalized spacial score (nSPS) is 11.8. The Morgan fingerprint density at radius 2 is 2.17 bits per heavy atom. The zero-order valence-electron chi connectivity index (χ0n) is 13.2. The number of carbonyl (C=O) groups excluding carboxylic acids is 2. The highest BCUT2D eigenvalue weighted by atomic mass is 35.5. The second-order valence-corrected chi connectivity index (χ2v) is 7.53. The highest BCUT2D eigenvalue weighted by Crippen LogP contribution is 2.18. The van der Waals surface area contributed by atoms with Crippen LogP contribution >= 0.6 is 34.7 Å². The first-order chi connectivity index (χ1) is 11.5. The number of halogens is 1. The van der Waals surface area contributed by atoms with E-state index < -0.39 is 0 Å². The fourth-order valence-corrected chi connectivity index (χ4v) is 3.82. The molecule has 0 spiro atoms. The van der Waals surface area contributed by atoms with Gasteiger partial charge in [0.05, 0.1) is 11.8 Å². The minimum absolute atomic E-state index is 0.205. The van der Waals surface area contributed by atoms with Crippen molar-refractivity contribution in [3.8, 4) is 0 Å². The first-order valence-electron chi connectivity index (χ1n) is 7.35. The van der Waals surface area contributed by atoms with Gasteiger partial charge in [-0.15, -0.1) is 23.1 Å². The average molecular weight is 384 g/mol. The van der Waals surface area contributed by atoms with Crippen molar-refractivity contribution in [2.24, 2.45) is 0 Å². The number of nitrogens with one attached hydrogen (secondary N) is 1. The van der Waals surface area contributed by atoms with Gasteiger partial charge in [0.25, 0.3) is 5.91 Å². The van der Waals surface area contributed by atoms with Crippen molar-refractivity contribution in [2.75, 3.05) is 12.4 Å². The minimum Gasteiger partial charge on any atom is -0.455 e. The van der Waals surface area contributed by atoms with Crippen LogP contribution in [0.25, 0.3) is 0 Å². The maximum atomic E-state index is 11.9. The standard InChI is InChI=1S/C17H18ClNO3S2/c1-12(13-4-2-5-14(18)8-13)19-16(20)9-22-17(21)11-23-10-15-6-3-7-24-15/h2-8,12H,9-11H2,1H3,(H,19,20)/t12-/m1/s1. The van der Waals surface area contributed by atoms with Gasteiger partial charge in [0.15, 0.2) is 6.61 Å². The topological polar surface area (TPSA) is 55.4 Å². The molecule has 2 rings (SSSR count). The molecule has 0 fully saturated rings. The van der Waals surface area contributed by atoms with Crippen LogP contribution in [0.15, 0.2) is 41.8 Å². The summed E-state index contributed by atoms with van der Waals surface area (Å²) in [5, 5.41) is 5.39. The monoisotopic (exact) mass is 383 g/mol. The lowest BCUT2D eigenvalue weighted by molar-refractivity contribution is -0.146. The number of carbonyl (C=O) groups is 2. The van der Waals surface area contributed by atoms with Gasteiger partial charge in [-0.2, -0.15) is 0 Å². The zero-order chi connectivity index (χ0) is 17.4. The molecule has 0 bridgehead atoms. The van der Waals surface area contributed by atoms with E-state index in [4.69, 9.17) is 16.3 Å². The number of benzene rings is 1. The third-order valence-corrected chi connectivity index (χ3v) is 5.38. The largest absolute Gasteiger partial charge is 0.455 e. The maximum Gasteiger partial charge on any atom is 0.316 e. The van der Waals surface area contributed by atoms with E-state index in [2.05, 4.69) is 5.32 Å². The first-order valence-corrected chi connectivity index (χ1v) is 9.76. The summed E-state index contributed by atoms with van der Waals surface area (Å²) in [7, 11) is 0. The number of rotatable bonds is 8. The lowest BCUT2D eigenvalue weighted by Crippen LogP contribution is -2.31. The first kappa shape index (κ1) is 18.8. The molecule has 4 nitrogen and oxygen atoms in total. The molecule has 0 saturated carbocycles. The fraction of sp³-hybridized carbons (Fsp3) is 0.294. The molecule has 1 atom stereocenters. The Morgan fingerprint density at radius 3 is 2.88 bits per heavy atom. The molecular formula is C17H18ClNO3S2. The van der Waals surface area contributed by atoms with Gasteiger partial charge in [-0.1, -0.05) is 29.8 Å². The highest BCUT2D eigenvalue weighted by molar-refractivity contribution is 7.99. The van der Waals surface area contributed by atoms with Crippen LogP contribution in [-0.2, 0) is 20.1 Å². The van der Waals surface area contributed by atoms with Crippen molar-refractivity contribution in [3.05, 3.63) is 57.2 Å². The molecule has 0 aliphatic carbocycles. The van der Waals surface area contributed by atoms with Gasteiger partial charge in [-0.25, -0.2) is 0 Å². The van der Waals surface area contributed by atoms with Crippen molar-refractivity contribution in [1.82, 2.24) is 5.32 Å². The Balaban J connectivity index is 1.65. The molecule has 1 N–H and O–H groups in total. The number of hydrogen-bond donors (Lipinski definition) is 1. The van der Waals surface area contributed by atoms with Crippen molar-refractivity contribution in [3.63, 3.8) is 0 Å². The Bertz CT molecular complexity index is 676. The lowest BCUT2D eigenvalue weighted by atomic mass is 10.1. The molecule has 1 aromatic heterocycles. The molecule has 1 aromatic carbocycles. The van der Waals surface area contributed by atoms with E-state index in [0.717, 1.165) is 11.3 Å². The molecule has 1 heterocycles. The summed E-state index contributed by atoms with van der Waals surface area (Å²) in [5.41, 5.74) is 0.897. The van der Waals surface area contributed by atoms with Crippen molar-refractivity contribution >= 4 is 46.6 Å². The van der Waals surface area contributed by atoms with Crippen molar-refractivity contribution < 1.29 is 14.3 Å². The van der Waals surface area contributed by atoms with E-state index in [1.54, 1.807) is 23.5 Å². The third-order valence-electron chi connectivity index (χ3n) is 3.13. The van der Waals surface area contributed by atoms with Crippen molar-refractivity contribution in [1.29, 1.82) is 0 Å². The zero-order valence-corrected chi connectivity index (χ0v) is 15.5. The second-order valence-electron chi connectivity index (χ2n) is 5.08. The summed E-state index contributed by atoms with van der Waals surface area (Å²) in [6.07, 6.45) is 0. The number of thiophene rings is 1. The Morgan fingerprint density at radius 1 is 1.33 bits per heavy atom. The third kappa shape index (κ3) is 6.55. The fourth-order valence-electron chi connectivity index (χ4n) is 1.96. The minimum atomic E-state index is -0.387. The number of esters is 1. The van der Waals surface area contributed by atoms with E-state index in [1.165, 1.54) is 16.6 Å². The lowest BCUT2D eigenvalue weighted by Gasteiger charge is -2.14. The molecular weight excluding hydrogens is 366 g/mol. The SMILES string of the molecule is C[C@@H](NC(=O)COC(=O)CSCc1cccs1)c1cccc(Cl)c1. The highest BCUT2D eigenvalue weighted by Gasteiger charge is 2.12. The van der Waals surface area contributed by atoms with Crippen LogP contribution in [0, 0.1) is 0 Å². The molecule has 24 heavy (non-hydrogen) atoms. The number of hydrogen-bond acceptors (Lipinski definition) is 5. The Labute approximate surface area is 154 Å². The van der Waals surface area contributed by atoms with Gasteiger partial charge in [0.1, 0.15) is 0 Å². The molecule has 128 valence electrons. The van der Waals surface area contributed by atoms with Crippen LogP contribution in [0.3, 0.4) is 0 Å². The molecule has 0 unspecified atom stereocenters.